The zero-order valence-electron chi connectivity index (χ0n) is 15.1. The Bertz CT molecular complexity index is 621. The summed E-state index contributed by atoms with van der Waals surface area (Å²) < 4.78 is 11.4. The highest BCUT2D eigenvalue weighted by Gasteiger charge is 2.34. The maximum Gasteiger partial charge on any atom is 0.255 e. The number of likely N-dealkylation sites (tertiary alicyclic amines) is 1. The lowest BCUT2D eigenvalue weighted by molar-refractivity contribution is -0.0969. The molecule has 1 unspecified atom stereocenters. The van der Waals surface area contributed by atoms with E-state index >= 15 is 0 Å². The molecule has 0 aliphatic carbocycles. The van der Waals surface area contributed by atoms with Crippen LogP contribution in [0.2, 0.25) is 0 Å². The van der Waals surface area contributed by atoms with Gasteiger partial charge < -0.3 is 19.3 Å². The minimum Gasteiger partial charge on any atom is -0.371 e. The van der Waals surface area contributed by atoms with Crippen LogP contribution in [0.1, 0.15) is 41.6 Å². The fourth-order valence-corrected chi connectivity index (χ4v) is 4.29. The van der Waals surface area contributed by atoms with E-state index in [1.54, 1.807) is 0 Å². The van der Waals surface area contributed by atoms with Crippen molar-refractivity contribution in [2.24, 2.45) is 5.92 Å². The van der Waals surface area contributed by atoms with Crippen LogP contribution in [0.25, 0.3) is 0 Å². The highest BCUT2D eigenvalue weighted by molar-refractivity contribution is 6.00. The standard InChI is InChI=1S/C20H28N2O3/c1-15-6-7-18(21-8-2-3-9-21)17(13-15)19(23)22-10-4-5-16(14-22)20-24-11-12-25-20/h6-7,13,16,20H,2-5,8-12,14H2,1H3. The number of amides is 1. The van der Waals surface area contributed by atoms with E-state index in [9.17, 15) is 4.79 Å². The predicted molar refractivity (Wildman–Crippen MR) is 96.9 cm³/mol. The van der Waals surface area contributed by atoms with Gasteiger partial charge in [0.1, 0.15) is 0 Å². The van der Waals surface area contributed by atoms with Gasteiger partial charge >= 0.3 is 0 Å². The smallest absolute Gasteiger partial charge is 0.255 e. The van der Waals surface area contributed by atoms with Crippen LogP contribution in [0, 0.1) is 12.8 Å². The van der Waals surface area contributed by atoms with E-state index in [0.29, 0.717) is 19.1 Å². The Labute approximate surface area is 149 Å². The van der Waals surface area contributed by atoms with Crippen molar-refractivity contribution in [2.75, 3.05) is 44.3 Å². The number of ether oxygens (including phenoxy) is 2. The molecule has 136 valence electrons. The normalized spacial score (nSPS) is 24.9. The molecule has 5 nitrogen and oxygen atoms in total. The SMILES string of the molecule is Cc1ccc(N2CCCC2)c(C(=O)N2CCCC(C3OCCO3)C2)c1. The zero-order valence-corrected chi connectivity index (χ0v) is 15.1. The largest absolute Gasteiger partial charge is 0.371 e. The number of piperidine rings is 1. The van der Waals surface area contributed by atoms with Gasteiger partial charge in [0.15, 0.2) is 6.29 Å². The number of aryl methyl sites for hydroxylation is 1. The van der Waals surface area contributed by atoms with Gasteiger partial charge in [-0.1, -0.05) is 11.6 Å². The van der Waals surface area contributed by atoms with Crippen molar-refractivity contribution >= 4 is 11.6 Å². The van der Waals surface area contributed by atoms with E-state index in [4.69, 9.17) is 9.47 Å². The first-order valence-electron chi connectivity index (χ1n) is 9.60. The predicted octanol–water partition coefficient (Wildman–Crippen LogP) is 2.82. The Morgan fingerprint density at radius 3 is 2.60 bits per heavy atom. The summed E-state index contributed by atoms with van der Waals surface area (Å²) in [5.74, 6) is 0.452. The van der Waals surface area contributed by atoms with E-state index in [-0.39, 0.29) is 12.2 Å². The van der Waals surface area contributed by atoms with Crippen LogP contribution in [0.15, 0.2) is 18.2 Å². The topological polar surface area (TPSA) is 42.0 Å². The van der Waals surface area contributed by atoms with Gasteiger partial charge in [0.25, 0.3) is 5.91 Å². The molecule has 0 aromatic heterocycles. The molecule has 25 heavy (non-hydrogen) atoms. The highest BCUT2D eigenvalue weighted by atomic mass is 16.7. The van der Waals surface area contributed by atoms with Crippen molar-refractivity contribution in [1.82, 2.24) is 4.90 Å². The Kier molecular flexibility index (Phi) is 4.95. The third-order valence-electron chi connectivity index (χ3n) is 5.61. The lowest BCUT2D eigenvalue weighted by atomic mass is 9.96. The molecule has 0 saturated carbocycles. The Balaban J connectivity index is 1.54. The number of rotatable bonds is 3. The van der Waals surface area contributed by atoms with Crippen LogP contribution in [0.3, 0.4) is 0 Å². The Morgan fingerprint density at radius 2 is 1.84 bits per heavy atom. The molecular formula is C20H28N2O3. The molecule has 3 heterocycles. The van der Waals surface area contributed by atoms with E-state index in [2.05, 4.69) is 30.0 Å². The quantitative estimate of drug-likeness (QED) is 0.846. The Hall–Kier alpha value is -1.59. The monoisotopic (exact) mass is 344 g/mol. The summed E-state index contributed by atoms with van der Waals surface area (Å²) in [7, 11) is 0. The average Bonchev–Trinajstić information content (AvgIpc) is 3.35. The minimum absolute atomic E-state index is 0.133. The molecule has 1 aromatic carbocycles. The van der Waals surface area contributed by atoms with E-state index < -0.39 is 0 Å². The number of hydrogen-bond acceptors (Lipinski definition) is 4. The summed E-state index contributed by atoms with van der Waals surface area (Å²) in [6.45, 7) is 7.07. The molecule has 1 atom stereocenters. The van der Waals surface area contributed by atoms with Crippen molar-refractivity contribution in [3.05, 3.63) is 29.3 Å². The van der Waals surface area contributed by atoms with E-state index in [1.165, 1.54) is 12.8 Å². The molecule has 1 aromatic rings. The number of anilines is 1. The van der Waals surface area contributed by atoms with Crippen LogP contribution < -0.4 is 4.90 Å². The molecule has 3 saturated heterocycles. The molecule has 0 bridgehead atoms. The van der Waals surface area contributed by atoms with Gasteiger partial charge in [-0.3, -0.25) is 4.79 Å². The van der Waals surface area contributed by atoms with Crippen molar-refractivity contribution in [1.29, 1.82) is 0 Å². The van der Waals surface area contributed by atoms with Crippen molar-refractivity contribution in [3.8, 4) is 0 Å². The molecule has 3 aliphatic heterocycles. The summed E-state index contributed by atoms with van der Waals surface area (Å²) in [6, 6.07) is 6.30. The summed E-state index contributed by atoms with van der Waals surface area (Å²) in [6.07, 6.45) is 4.38. The number of carbonyl (C=O) groups excluding carboxylic acids is 1. The van der Waals surface area contributed by atoms with Crippen LogP contribution in [-0.4, -0.2) is 56.5 Å². The second-order valence-corrected chi connectivity index (χ2v) is 7.48. The maximum atomic E-state index is 13.3. The van der Waals surface area contributed by atoms with Gasteiger partial charge in [0.2, 0.25) is 0 Å². The molecule has 3 aliphatic rings. The van der Waals surface area contributed by atoms with E-state index in [0.717, 1.165) is 55.8 Å². The molecule has 4 rings (SSSR count). The van der Waals surface area contributed by atoms with Crippen LogP contribution in [0.5, 0.6) is 0 Å². The molecular weight excluding hydrogens is 316 g/mol. The van der Waals surface area contributed by atoms with Gasteiger partial charge in [0, 0.05) is 37.8 Å². The third-order valence-corrected chi connectivity index (χ3v) is 5.61. The molecule has 0 spiro atoms. The van der Waals surface area contributed by atoms with Gasteiger partial charge in [-0.2, -0.15) is 0 Å². The zero-order chi connectivity index (χ0) is 17.2. The number of hydrogen-bond donors (Lipinski definition) is 0. The summed E-state index contributed by atoms with van der Waals surface area (Å²) in [4.78, 5) is 17.7. The summed E-state index contributed by atoms with van der Waals surface area (Å²) in [5.41, 5.74) is 3.10. The summed E-state index contributed by atoms with van der Waals surface area (Å²) in [5, 5.41) is 0. The molecule has 3 fully saturated rings. The van der Waals surface area contributed by atoms with Crippen LogP contribution in [0.4, 0.5) is 5.69 Å². The van der Waals surface area contributed by atoms with Gasteiger partial charge in [0.05, 0.1) is 18.8 Å². The first kappa shape index (κ1) is 16.9. The van der Waals surface area contributed by atoms with Crippen LogP contribution >= 0.6 is 0 Å². The van der Waals surface area contributed by atoms with Crippen molar-refractivity contribution in [3.63, 3.8) is 0 Å². The van der Waals surface area contributed by atoms with Crippen molar-refractivity contribution < 1.29 is 14.3 Å². The van der Waals surface area contributed by atoms with Crippen LogP contribution in [-0.2, 0) is 9.47 Å². The molecule has 0 N–H and O–H groups in total. The lowest BCUT2D eigenvalue weighted by Crippen LogP contribution is -2.44. The second kappa shape index (κ2) is 7.34. The molecule has 0 radical (unpaired) electrons. The number of benzene rings is 1. The third kappa shape index (κ3) is 3.53. The number of carbonyl (C=O) groups is 1. The van der Waals surface area contributed by atoms with Gasteiger partial charge in [-0.25, -0.2) is 0 Å². The maximum absolute atomic E-state index is 13.3. The van der Waals surface area contributed by atoms with Crippen molar-refractivity contribution in [2.45, 2.75) is 38.9 Å². The second-order valence-electron chi connectivity index (χ2n) is 7.48. The number of nitrogens with zero attached hydrogens (tertiary/aromatic N) is 2. The fraction of sp³-hybridized carbons (Fsp3) is 0.650. The van der Waals surface area contributed by atoms with E-state index in [1.807, 2.05) is 4.90 Å². The molecule has 5 heteroatoms. The average molecular weight is 344 g/mol. The minimum atomic E-state index is -0.133. The highest BCUT2D eigenvalue weighted by Crippen LogP contribution is 2.30. The Morgan fingerprint density at radius 1 is 1.08 bits per heavy atom. The first-order valence-corrected chi connectivity index (χ1v) is 9.60. The van der Waals surface area contributed by atoms with Gasteiger partial charge in [-0.05, 0) is 44.7 Å². The summed E-state index contributed by atoms with van der Waals surface area (Å²) >= 11 is 0. The fourth-order valence-electron chi connectivity index (χ4n) is 4.29. The molecule has 1 amide bonds. The first-order chi connectivity index (χ1) is 12.2. The lowest BCUT2D eigenvalue weighted by Gasteiger charge is -2.35. The van der Waals surface area contributed by atoms with Gasteiger partial charge in [-0.15, -0.1) is 0 Å².